The average Bonchev–Trinajstić information content (AvgIpc) is 2.09. The van der Waals surface area contributed by atoms with Gasteiger partial charge in [-0.1, -0.05) is 29.3 Å². The number of unbranched alkanes of at least 4 members (excludes halogenated alkanes) is 1. The first-order valence-corrected chi connectivity index (χ1v) is 5.00. The summed E-state index contributed by atoms with van der Waals surface area (Å²) in [5.41, 5.74) is 0. The van der Waals surface area contributed by atoms with Crippen LogP contribution in [0.5, 0.6) is 5.75 Å². The maximum absolute atomic E-state index is 5.48. The maximum atomic E-state index is 5.48. The molecule has 0 amide bonds. The molecule has 1 nitrogen and oxygen atoms in total. The summed E-state index contributed by atoms with van der Waals surface area (Å²) >= 11 is 3.37. The third-order valence-electron chi connectivity index (χ3n) is 1.58. The molecule has 0 heterocycles. The molecule has 0 N–H and O–H groups in total. The molecule has 1 aromatic carbocycles. The molecule has 0 bridgehead atoms. The van der Waals surface area contributed by atoms with Gasteiger partial charge in [0.2, 0.25) is 0 Å². The van der Waals surface area contributed by atoms with Crippen molar-refractivity contribution in [1.29, 1.82) is 0 Å². The number of ether oxygens (including phenoxy) is 1. The molecule has 1 radical (unpaired) electrons. The fraction of sp³-hybridized carbons (Fsp3) is 0.400. The Balaban J connectivity index is 0.00000144. The van der Waals surface area contributed by atoms with Crippen LogP contribution in [-0.2, 0) is 0 Å². The number of benzene rings is 1. The number of hydrogen-bond donors (Lipinski definition) is 0. The van der Waals surface area contributed by atoms with Gasteiger partial charge in [0.1, 0.15) is 5.75 Å². The van der Waals surface area contributed by atoms with Crippen LogP contribution in [0.3, 0.4) is 0 Å². The topological polar surface area (TPSA) is 9.23 Å². The monoisotopic (exact) mass is 251 g/mol. The van der Waals surface area contributed by atoms with Crippen LogP contribution in [0.15, 0.2) is 28.7 Å². The van der Waals surface area contributed by atoms with E-state index in [4.69, 9.17) is 4.74 Å². The van der Waals surface area contributed by atoms with E-state index in [0.717, 1.165) is 23.2 Å². The largest absolute Gasteiger partial charge is 0.494 e. The third-order valence-corrected chi connectivity index (χ3v) is 2.11. The Morgan fingerprint density at radius 3 is 2.38 bits per heavy atom. The van der Waals surface area contributed by atoms with Crippen LogP contribution in [0.1, 0.15) is 19.8 Å². The first-order valence-electron chi connectivity index (χ1n) is 4.21. The Morgan fingerprint density at radius 1 is 1.23 bits per heavy atom. The van der Waals surface area contributed by atoms with Crippen molar-refractivity contribution in [2.45, 2.75) is 19.8 Å². The molecule has 0 aromatic heterocycles. The van der Waals surface area contributed by atoms with E-state index < -0.39 is 0 Å². The second kappa shape index (κ2) is 7.86. The van der Waals surface area contributed by atoms with E-state index in [2.05, 4.69) is 22.9 Å². The van der Waals surface area contributed by atoms with Crippen LogP contribution in [0, 0.1) is 0 Å². The van der Waals surface area contributed by atoms with Crippen molar-refractivity contribution >= 4 is 45.5 Å². The summed E-state index contributed by atoms with van der Waals surface area (Å²) in [4.78, 5) is 0. The predicted octanol–water partition coefficient (Wildman–Crippen LogP) is 3.25. The van der Waals surface area contributed by atoms with Crippen LogP contribution < -0.4 is 4.74 Å². The normalized spacial score (nSPS) is 9.08. The number of hydrogen-bond acceptors (Lipinski definition) is 1. The molecule has 0 aliphatic carbocycles. The van der Waals surface area contributed by atoms with E-state index in [-0.39, 0.29) is 29.6 Å². The fourth-order valence-corrected chi connectivity index (χ4v) is 1.13. The maximum Gasteiger partial charge on any atom is 0.119 e. The molecule has 3 heteroatoms. The molecule has 0 atom stereocenters. The van der Waals surface area contributed by atoms with Crippen molar-refractivity contribution in [3.63, 3.8) is 0 Å². The summed E-state index contributed by atoms with van der Waals surface area (Å²) in [7, 11) is 0. The van der Waals surface area contributed by atoms with Crippen molar-refractivity contribution in [1.82, 2.24) is 0 Å². The fourth-order valence-electron chi connectivity index (χ4n) is 0.865. The van der Waals surface area contributed by atoms with E-state index in [0.29, 0.717) is 0 Å². The zero-order valence-corrected chi connectivity index (χ0v) is 11.8. The van der Waals surface area contributed by atoms with E-state index >= 15 is 0 Å². The van der Waals surface area contributed by atoms with Gasteiger partial charge in [-0.2, -0.15) is 0 Å². The molecule has 13 heavy (non-hydrogen) atoms. The standard InChI is InChI=1S/C10H13BrO.Na/c1-2-3-8-12-10-6-4-9(11)5-7-10;/h4-7H,2-3,8H2,1H3;. The number of halogens is 1. The van der Waals surface area contributed by atoms with E-state index in [1.54, 1.807) is 0 Å². The van der Waals surface area contributed by atoms with Crippen LogP contribution in [0.4, 0.5) is 0 Å². The van der Waals surface area contributed by atoms with Crippen LogP contribution >= 0.6 is 15.9 Å². The van der Waals surface area contributed by atoms with Gasteiger partial charge in [-0.3, -0.25) is 0 Å². The molecule has 0 unspecified atom stereocenters. The molecular weight excluding hydrogens is 239 g/mol. The van der Waals surface area contributed by atoms with Gasteiger partial charge in [0.05, 0.1) is 6.61 Å². The first kappa shape index (κ1) is 13.5. The van der Waals surface area contributed by atoms with E-state index in [1.807, 2.05) is 24.3 Å². The molecule has 0 saturated heterocycles. The van der Waals surface area contributed by atoms with Gasteiger partial charge in [-0.25, -0.2) is 0 Å². The van der Waals surface area contributed by atoms with Crippen molar-refractivity contribution in [3.05, 3.63) is 28.7 Å². The van der Waals surface area contributed by atoms with Crippen molar-refractivity contribution in [2.75, 3.05) is 6.61 Å². The molecular formula is C10H13BrNaO. The van der Waals surface area contributed by atoms with Crippen molar-refractivity contribution < 1.29 is 4.74 Å². The summed E-state index contributed by atoms with van der Waals surface area (Å²) in [6.45, 7) is 2.98. The van der Waals surface area contributed by atoms with Crippen LogP contribution in [0.25, 0.3) is 0 Å². The molecule has 0 aliphatic heterocycles. The summed E-state index contributed by atoms with van der Waals surface area (Å²) in [6.07, 6.45) is 2.30. The second-order valence-electron chi connectivity index (χ2n) is 2.66. The minimum Gasteiger partial charge on any atom is -0.494 e. The number of rotatable bonds is 4. The quantitative estimate of drug-likeness (QED) is 0.590. The summed E-state index contributed by atoms with van der Waals surface area (Å²) in [5.74, 6) is 0.951. The minimum absolute atomic E-state index is 0. The molecule has 0 fully saturated rings. The summed E-state index contributed by atoms with van der Waals surface area (Å²) < 4.78 is 6.57. The van der Waals surface area contributed by atoms with Crippen molar-refractivity contribution in [2.24, 2.45) is 0 Å². The SMILES string of the molecule is CCCCOc1ccc(Br)cc1.[Na]. The average molecular weight is 252 g/mol. The molecule has 0 saturated carbocycles. The third kappa shape index (κ3) is 5.74. The summed E-state index contributed by atoms with van der Waals surface area (Å²) in [5, 5.41) is 0. The van der Waals surface area contributed by atoms with Gasteiger partial charge in [0.25, 0.3) is 0 Å². The molecule has 1 aromatic rings. The Kier molecular flexibility index (Phi) is 8.17. The zero-order chi connectivity index (χ0) is 8.81. The van der Waals surface area contributed by atoms with Gasteiger partial charge in [0, 0.05) is 34.0 Å². The van der Waals surface area contributed by atoms with Crippen molar-refractivity contribution in [3.8, 4) is 5.75 Å². The van der Waals surface area contributed by atoms with E-state index in [9.17, 15) is 0 Å². The van der Waals surface area contributed by atoms with Crippen LogP contribution in [-0.4, -0.2) is 36.2 Å². The first-order chi connectivity index (χ1) is 5.83. The Hall–Kier alpha value is 0.500. The molecule has 67 valence electrons. The predicted molar refractivity (Wildman–Crippen MR) is 60.3 cm³/mol. The van der Waals surface area contributed by atoms with Crippen LogP contribution in [0.2, 0.25) is 0 Å². The Bertz CT molecular complexity index is 223. The molecule has 1 rings (SSSR count). The van der Waals surface area contributed by atoms with Gasteiger partial charge in [-0.15, -0.1) is 0 Å². The van der Waals surface area contributed by atoms with Gasteiger partial charge >= 0.3 is 0 Å². The van der Waals surface area contributed by atoms with E-state index in [1.165, 1.54) is 6.42 Å². The summed E-state index contributed by atoms with van der Waals surface area (Å²) in [6, 6.07) is 7.92. The second-order valence-corrected chi connectivity index (χ2v) is 3.57. The Labute approximate surface area is 110 Å². The zero-order valence-electron chi connectivity index (χ0n) is 8.22. The van der Waals surface area contributed by atoms with Gasteiger partial charge in [-0.05, 0) is 30.7 Å². The molecule has 0 aliphatic rings. The smallest absolute Gasteiger partial charge is 0.119 e. The van der Waals surface area contributed by atoms with Gasteiger partial charge in [0.15, 0.2) is 0 Å². The minimum atomic E-state index is 0. The molecule has 0 spiro atoms. The van der Waals surface area contributed by atoms with Gasteiger partial charge < -0.3 is 4.74 Å². The Morgan fingerprint density at radius 2 is 1.85 bits per heavy atom.